The van der Waals surface area contributed by atoms with Crippen LogP contribution in [0.15, 0.2) is 27.7 Å². The molecule has 1 saturated heterocycles. The van der Waals surface area contributed by atoms with Gasteiger partial charge in [0.15, 0.2) is 0 Å². The largest absolute Gasteiger partial charge is 0.356 e. The number of aromatic amines is 1. The molecule has 4 rings (SSSR count). The highest BCUT2D eigenvalue weighted by Gasteiger charge is 2.22. The summed E-state index contributed by atoms with van der Waals surface area (Å²) in [6, 6.07) is 3.84. The van der Waals surface area contributed by atoms with Crippen LogP contribution in [-0.2, 0) is 11.3 Å². The number of nitrogens with zero attached hydrogens (tertiary/aromatic N) is 3. The molecule has 3 aromatic rings. The van der Waals surface area contributed by atoms with Gasteiger partial charge < -0.3 is 20.5 Å². The number of hydrogen-bond acceptors (Lipinski definition) is 7. The minimum Gasteiger partial charge on any atom is -0.356 e. The second-order valence-corrected chi connectivity index (χ2v) is 9.72. The Kier molecular flexibility index (Phi) is 7.73. The van der Waals surface area contributed by atoms with Crippen LogP contribution in [0.2, 0.25) is 0 Å². The van der Waals surface area contributed by atoms with E-state index < -0.39 is 0 Å². The Morgan fingerprint density at radius 2 is 1.97 bits per heavy atom. The van der Waals surface area contributed by atoms with E-state index in [9.17, 15) is 14.4 Å². The number of fused-ring (bicyclic) bond motifs is 1. The van der Waals surface area contributed by atoms with Gasteiger partial charge >= 0.3 is 6.03 Å². The van der Waals surface area contributed by atoms with Gasteiger partial charge in [-0.05, 0) is 17.9 Å². The van der Waals surface area contributed by atoms with Crippen LogP contribution in [0.25, 0.3) is 20.7 Å². The van der Waals surface area contributed by atoms with Gasteiger partial charge in [-0.1, -0.05) is 13.0 Å². The quantitative estimate of drug-likeness (QED) is 0.451. The summed E-state index contributed by atoms with van der Waals surface area (Å²) in [7, 11) is 0. The Balaban J connectivity index is 1.28. The first-order valence-electron chi connectivity index (χ1n) is 11.1. The van der Waals surface area contributed by atoms with Crippen molar-refractivity contribution in [1.29, 1.82) is 0 Å². The van der Waals surface area contributed by atoms with Gasteiger partial charge in [0.2, 0.25) is 5.91 Å². The lowest BCUT2D eigenvalue weighted by Gasteiger charge is -2.34. The molecule has 1 fully saturated rings. The molecule has 3 N–H and O–H groups in total. The van der Waals surface area contributed by atoms with Gasteiger partial charge in [-0.3, -0.25) is 14.5 Å². The molecule has 0 aromatic carbocycles. The average molecular weight is 489 g/mol. The molecular weight excluding hydrogens is 460 g/mol. The standard InChI is InChI=1S/C22H28N6O3S2/c1-2-6-23-18(29)5-7-24-22(31)28-10-8-27(9-11-28)13-17-25-20(30)19-15(14-33-21(19)26-17)16-4-3-12-32-16/h3-4,12,14H,2,5-11,13H2,1H3,(H,23,29)(H,24,31)(H,25,26,30). The van der Waals surface area contributed by atoms with Gasteiger partial charge in [-0.2, -0.15) is 0 Å². The molecule has 11 heteroatoms. The molecule has 0 aliphatic carbocycles. The van der Waals surface area contributed by atoms with Gasteiger partial charge in [-0.25, -0.2) is 9.78 Å². The molecule has 0 radical (unpaired) electrons. The van der Waals surface area contributed by atoms with Gasteiger partial charge in [0, 0.05) is 61.5 Å². The number of amides is 3. The third kappa shape index (κ3) is 5.79. The number of piperazine rings is 1. The average Bonchev–Trinajstić information content (AvgIpc) is 3.48. The number of thiophene rings is 2. The van der Waals surface area contributed by atoms with E-state index in [1.54, 1.807) is 16.2 Å². The molecule has 176 valence electrons. The van der Waals surface area contributed by atoms with Crippen molar-refractivity contribution in [2.45, 2.75) is 26.3 Å². The van der Waals surface area contributed by atoms with E-state index in [1.807, 2.05) is 29.8 Å². The molecule has 1 aliphatic rings. The van der Waals surface area contributed by atoms with E-state index in [2.05, 4.69) is 25.5 Å². The summed E-state index contributed by atoms with van der Waals surface area (Å²) in [6.07, 6.45) is 1.17. The van der Waals surface area contributed by atoms with Crippen molar-refractivity contribution in [3.05, 3.63) is 39.1 Å². The van der Waals surface area contributed by atoms with Gasteiger partial charge in [0.05, 0.1) is 11.9 Å². The van der Waals surface area contributed by atoms with Crippen LogP contribution in [0.1, 0.15) is 25.6 Å². The Morgan fingerprint density at radius 3 is 2.70 bits per heavy atom. The number of rotatable bonds is 8. The summed E-state index contributed by atoms with van der Waals surface area (Å²) < 4.78 is 0. The topological polar surface area (TPSA) is 110 Å². The molecule has 1 aliphatic heterocycles. The highest BCUT2D eigenvalue weighted by Crippen LogP contribution is 2.33. The molecule has 0 spiro atoms. The number of H-pyrrole nitrogens is 1. The summed E-state index contributed by atoms with van der Waals surface area (Å²) in [5.41, 5.74) is 0.827. The third-order valence-corrected chi connectivity index (χ3v) is 7.29. The first kappa shape index (κ1) is 23.4. The molecule has 9 nitrogen and oxygen atoms in total. The normalized spacial score (nSPS) is 14.5. The molecule has 3 amide bonds. The molecular formula is C22H28N6O3S2. The molecule has 0 bridgehead atoms. The van der Waals surface area contributed by atoms with Crippen molar-refractivity contribution >= 4 is 44.8 Å². The number of hydrogen-bond donors (Lipinski definition) is 3. The number of carbonyl (C=O) groups is 2. The summed E-state index contributed by atoms with van der Waals surface area (Å²) in [4.78, 5) is 50.1. The van der Waals surface area contributed by atoms with E-state index in [-0.39, 0.29) is 23.9 Å². The van der Waals surface area contributed by atoms with Crippen LogP contribution in [0, 0.1) is 0 Å². The lowest BCUT2D eigenvalue weighted by Crippen LogP contribution is -2.51. The van der Waals surface area contributed by atoms with E-state index in [4.69, 9.17) is 0 Å². The summed E-state index contributed by atoms with van der Waals surface area (Å²) in [5.74, 6) is 0.594. The summed E-state index contributed by atoms with van der Waals surface area (Å²) >= 11 is 3.10. The fourth-order valence-corrected chi connectivity index (χ4v) is 5.53. The second-order valence-electron chi connectivity index (χ2n) is 7.91. The fourth-order valence-electron chi connectivity index (χ4n) is 3.75. The van der Waals surface area contributed by atoms with Gasteiger partial charge in [-0.15, -0.1) is 22.7 Å². The predicted octanol–water partition coefficient (Wildman–Crippen LogP) is 2.46. The molecule has 0 atom stereocenters. The number of aromatic nitrogens is 2. The Morgan fingerprint density at radius 1 is 1.15 bits per heavy atom. The second kappa shape index (κ2) is 10.9. The van der Waals surface area contributed by atoms with Crippen molar-refractivity contribution in [2.75, 3.05) is 39.3 Å². The smallest absolute Gasteiger partial charge is 0.317 e. The third-order valence-electron chi connectivity index (χ3n) is 5.51. The van der Waals surface area contributed by atoms with E-state index in [0.717, 1.165) is 21.7 Å². The van der Waals surface area contributed by atoms with E-state index >= 15 is 0 Å². The maximum absolute atomic E-state index is 12.8. The summed E-state index contributed by atoms with van der Waals surface area (Å²) in [5, 5.41) is 10.3. The lowest BCUT2D eigenvalue weighted by molar-refractivity contribution is -0.120. The zero-order valence-corrected chi connectivity index (χ0v) is 20.2. The number of nitrogens with one attached hydrogen (secondary N) is 3. The minimum absolute atomic E-state index is 0.0475. The van der Waals surface area contributed by atoms with E-state index in [1.165, 1.54) is 11.3 Å². The SMILES string of the molecule is CCCNC(=O)CCNC(=O)N1CCN(Cc2nc3scc(-c4cccs4)c3c(=O)[nH]2)CC1. The Hall–Kier alpha value is -2.76. The number of urea groups is 1. The predicted molar refractivity (Wildman–Crippen MR) is 132 cm³/mol. The van der Waals surface area contributed by atoms with E-state index in [0.29, 0.717) is 57.0 Å². The summed E-state index contributed by atoms with van der Waals surface area (Å²) in [6.45, 7) is 6.07. The van der Waals surface area contributed by atoms with Crippen LogP contribution in [0.3, 0.4) is 0 Å². The molecule has 0 saturated carbocycles. The molecule has 4 heterocycles. The zero-order chi connectivity index (χ0) is 23.2. The van der Waals surface area contributed by atoms with Crippen molar-refractivity contribution in [1.82, 2.24) is 30.4 Å². The van der Waals surface area contributed by atoms with Crippen LogP contribution in [0.4, 0.5) is 4.79 Å². The van der Waals surface area contributed by atoms with Crippen LogP contribution in [0.5, 0.6) is 0 Å². The van der Waals surface area contributed by atoms with Gasteiger partial charge in [0.1, 0.15) is 10.7 Å². The van der Waals surface area contributed by atoms with Crippen molar-refractivity contribution in [3.63, 3.8) is 0 Å². The molecule has 0 unspecified atom stereocenters. The van der Waals surface area contributed by atoms with Gasteiger partial charge in [0.25, 0.3) is 5.56 Å². The van der Waals surface area contributed by atoms with Crippen LogP contribution in [-0.4, -0.2) is 71.0 Å². The minimum atomic E-state index is -0.148. The highest BCUT2D eigenvalue weighted by molar-refractivity contribution is 7.18. The molecule has 3 aromatic heterocycles. The monoisotopic (exact) mass is 488 g/mol. The maximum atomic E-state index is 12.8. The number of carbonyl (C=O) groups excluding carboxylic acids is 2. The van der Waals surface area contributed by atoms with Crippen LogP contribution < -0.4 is 16.2 Å². The van der Waals surface area contributed by atoms with Crippen molar-refractivity contribution in [3.8, 4) is 10.4 Å². The zero-order valence-electron chi connectivity index (χ0n) is 18.6. The maximum Gasteiger partial charge on any atom is 0.317 e. The van der Waals surface area contributed by atoms with Crippen molar-refractivity contribution < 1.29 is 9.59 Å². The fraction of sp³-hybridized carbons (Fsp3) is 0.455. The molecule has 33 heavy (non-hydrogen) atoms. The first-order chi connectivity index (χ1) is 16.0. The Labute approximate surface area is 199 Å². The van der Waals surface area contributed by atoms with Crippen LogP contribution >= 0.6 is 22.7 Å². The lowest BCUT2D eigenvalue weighted by atomic mass is 10.2. The highest BCUT2D eigenvalue weighted by atomic mass is 32.1. The first-order valence-corrected chi connectivity index (χ1v) is 12.9. The Bertz CT molecular complexity index is 1150. The van der Waals surface area contributed by atoms with Crippen molar-refractivity contribution in [2.24, 2.45) is 0 Å².